The Bertz CT molecular complexity index is 468. The molecule has 1 aliphatic heterocycles. The van der Waals surface area contributed by atoms with Crippen molar-refractivity contribution in [2.75, 3.05) is 18.0 Å². The van der Waals surface area contributed by atoms with E-state index in [1.165, 1.54) is 18.4 Å². The van der Waals surface area contributed by atoms with Gasteiger partial charge in [0.25, 0.3) is 0 Å². The van der Waals surface area contributed by atoms with E-state index in [4.69, 9.17) is 11.6 Å². The molecular weight excluding hydrogens is 290 g/mol. The Balaban J connectivity index is 1.73. The summed E-state index contributed by atoms with van der Waals surface area (Å²) in [5.74, 6) is 1.07. The van der Waals surface area contributed by atoms with Gasteiger partial charge in [-0.1, -0.05) is 25.4 Å². The van der Waals surface area contributed by atoms with Crippen LogP contribution >= 0.6 is 23.4 Å². The molecule has 0 aromatic carbocycles. The Morgan fingerprint density at radius 1 is 1.35 bits per heavy atom. The first-order valence-electron chi connectivity index (χ1n) is 7.40. The van der Waals surface area contributed by atoms with Crippen molar-refractivity contribution in [3.8, 4) is 0 Å². The van der Waals surface area contributed by atoms with Crippen molar-refractivity contribution >= 4 is 29.2 Å². The van der Waals surface area contributed by atoms with Gasteiger partial charge in [0.15, 0.2) is 0 Å². The van der Waals surface area contributed by atoms with Crippen molar-refractivity contribution in [1.82, 2.24) is 10.3 Å². The molecule has 0 radical (unpaired) electrons. The molecular formula is C15H22ClN3S. The van der Waals surface area contributed by atoms with Gasteiger partial charge in [-0.15, -0.1) is 0 Å². The normalized spacial score (nSPS) is 26.9. The first-order chi connectivity index (χ1) is 9.61. The monoisotopic (exact) mass is 311 g/mol. The van der Waals surface area contributed by atoms with Crippen LogP contribution in [0.2, 0.25) is 5.02 Å². The maximum atomic E-state index is 6.27. The summed E-state index contributed by atoms with van der Waals surface area (Å²) in [6.07, 6.45) is 4.40. The Morgan fingerprint density at radius 3 is 2.70 bits per heavy atom. The van der Waals surface area contributed by atoms with E-state index in [-0.39, 0.29) is 0 Å². The van der Waals surface area contributed by atoms with Gasteiger partial charge in [0.05, 0.1) is 5.02 Å². The van der Waals surface area contributed by atoms with Crippen molar-refractivity contribution in [2.24, 2.45) is 0 Å². The maximum absolute atomic E-state index is 6.27. The molecule has 2 heterocycles. The Hall–Kier alpha value is -0.450. The van der Waals surface area contributed by atoms with Gasteiger partial charge in [-0.05, 0) is 24.5 Å². The lowest BCUT2D eigenvalue weighted by Crippen LogP contribution is -2.40. The van der Waals surface area contributed by atoms with Gasteiger partial charge in [-0.3, -0.25) is 0 Å². The molecule has 0 spiro atoms. The fourth-order valence-corrected chi connectivity index (χ4v) is 4.18. The predicted molar refractivity (Wildman–Crippen MR) is 87.8 cm³/mol. The van der Waals surface area contributed by atoms with Crippen molar-refractivity contribution < 1.29 is 0 Å². The van der Waals surface area contributed by atoms with Crippen LogP contribution in [0.3, 0.4) is 0 Å². The average molecular weight is 312 g/mol. The van der Waals surface area contributed by atoms with Crippen molar-refractivity contribution in [3.63, 3.8) is 0 Å². The zero-order valence-corrected chi connectivity index (χ0v) is 13.7. The molecule has 3 nitrogen and oxygen atoms in total. The number of nitrogens with one attached hydrogen (secondary N) is 1. The molecule has 110 valence electrons. The van der Waals surface area contributed by atoms with Crippen LogP contribution in [0.4, 0.5) is 5.82 Å². The largest absolute Gasteiger partial charge is 0.354 e. The highest BCUT2D eigenvalue weighted by molar-refractivity contribution is 8.00. The highest BCUT2D eigenvalue weighted by atomic mass is 35.5. The summed E-state index contributed by atoms with van der Waals surface area (Å²) < 4.78 is 0. The number of halogens is 1. The fourth-order valence-electron chi connectivity index (χ4n) is 2.68. The molecule has 2 aliphatic rings. The van der Waals surface area contributed by atoms with E-state index >= 15 is 0 Å². The lowest BCUT2D eigenvalue weighted by molar-refractivity contribution is 0.683. The van der Waals surface area contributed by atoms with E-state index < -0.39 is 0 Å². The van der Waals surface area contributed by atoms with Crippen LogP contribution < -0.4 is 10.2 Å². The molecule has 1 aromatic rings. The van der Waals surface area contributed by atoms with Gasteiger partial charge in [0.2, 0.25) is 0 Å². The summed E-state index contributed by atoms with van der Waals surface area (Å²) in [4.78, 5) is 6.92. The quantitative estimate of drug-likeness (QED) is 0.923. The fraction of sp³-hybridized carbons (Fsp3) is 0.667. The first-order valence-corrected chi connectivity index (χ1v) is 8.72. The lowest BCUT2D eigenvalue weighted by Gasteiger charge is -2.35. The summed E-state index contributed by atoms with van der Waals surface area (Å²) in [5, 5.41) is 5.61. The van der Waals surface area contributed by atoms with Gasteiger partial charge in [-0.25, -0.2) is 4.98 Å². The van der Waals surface area contributed by atoms with Crippen LogP contribution in [-0.2, 0) is 6.54 Å². The Labute approximate surface area is 130 Å². The molecule has 1 aliphatic carbocycles. The second-order valence-electron chi connectivity index (χ2n) is 5.95. The van der Waals surface area contributed by atoms with Gasteiger partial charge >= 0.3 is 0 Å². The third-order valence-electron chi connectivity index (χ3n) is 3.82. The van der Waals surface area contributed by atoms with Crippen LogP contribution in [0.5, 0.6) is 0 Å². The van der Waals surface area contributed by atoms with E-state index in [9.17, 15) is 0 Å². The molecule has 0 amide bonds. The maximum Gasteiger partial charge on any atom is 0.128 e. The Morgan fingerprint density at radius 2 is 2.05 bits per heavy atom. The molecule has 20 heavy (non-hydrogen) atoms. The van der Waals surface area contributed by atoms with Crippen LogP contribution in [0.1, 0.15) is 32.3 Å². The number of aromatic nitrogens is 1. The van der Waals surface area contributed by atoms with Gasteiger partial charge in [0, 0.05) is 42.4 Å². The number of anilines is 1. The number of thioether (sulfide) groups is 1. The number of hydrogen-bond acceptors (Lipinski definition) is 4. The van der Waals surface area contributed by atoms with Crippen molar-refractivity contribution in [3.05, 3.63) is 22.8 Å². The molecule has 1 N–H and O–H groups in total. The third-order valence-corrected chi connectivity index (χ3v) is 5.39. The number of hydrogen-bond donors (Lipinski definition) is 1. The summed E-state index contributed by atoms with van der Waals surface area (Å²) in [6, 6.07) is 2.86. The minimum absolute atomic E-state index is 0.657. The number of pyridine rings is 1. The van der Waals surface area contributed by atoms with E-state index in [0.717, 1.165) is 30.5 Å². The average Bonchev–Trinajstić information content (AvgIpc) is 3.20. The highest BCUT2D eigenvalue weighted by Crippen LogP contribution is 2.29. The van der Waals surface area contributed by atoms with Gasteiger partial charge < -0.3 is 10.2 Å². The van der Waals surface area contributed by atoms with Crippen LogP contribution in [-0.4, -0.2) is 34.6 Å². The third kappa shape index (κ3) is 3.60. The Kier molecular flexibility index (Phi) is 4.43. The SMILES string of the molecule is CC1CN(c2cc(CNC3CC3)c(Cl)cn2)CC(C)S1. The molecule has 2 fully saturated rings. The standard InChI is InChI=1S/C15H22ClN3S/c1-10-8-19(9-11(2)20-10)15-5-12(14(16)7-18-15)6-17-13-3-4-13/h5,7,10-11,13,17H,3-4,6,8-9H2,1-2H3. The summed E-state index contributed by atoms with van der Waals surface area (Å²) in [6.45, 7) is 7.57. The highest BCUT2D eigenvalue weighted by Gasteiger charge is 2.24. The zero-order chi connectivity index (χ0) is 14.1. The first kappa shape index (κ1) is 14.5. The summed E-state index contributed by atoms with van der Waals surface area (Å²) in [7, 11) is 0. The topological polar surface area (TPSA) is 28.2 Å². The number of rotatable bonds is 4. The minimum atomic E-state index is 0.657. The van der Waals surface area contributed by atoms with Crippen molar-refractivity contribution in [2.45, 2.75) is 49.8 Å². The van der Waals surface area contributed by atoms with E-state index in [1.807, 2.05) is 0 Å². The molecule has 3 rings (SSSR count). The molecule has 1 aromatic heterocycles. The second-order valence-corrected chi connectivity index (χ2v) is 8.24. The van der Waals surface area contributed by atoms with Crippen LogP contribution in [0.15, 0.2) is 12.3 Å². The minimum Gasteiger partial charge on any atom is -0.354 e. The molecule has 1 saturated heterocycles. The molecule has 1 saturated carbocycles. The number of nitrogens with zero attached hydrogens (tertiary/aromatic N) is 2. The summed E-state index contributed by atoms with van der Waals surface area (Å²) >= 11 is 8.33. The second kappa shape index (κ2) is 6.12. The van der Waals surface area contributed by atoms with Crippen molar-refractivity contribution in [1.29, 1.82) is 0 Å². The van der Waals surface area contributed by atoms with Gasteiger partial charge in [-0.2, -0.15) is 11.8 Å². The molecule has 5 heteroatoms. The predicted octanol–water partition coefficient (Wildman–Crippen LogP) is 3.32. The zero-order valence-electron chi connectivity index (χ0n) is 12.1. The molecule has 0 bridgehead atoms. The molecule has 2 unspecified atom stereocenters. The van der Waals surface area contributed by atoms with Gasteiger partial charge in [0.1, 0.15) is 5.82 Å². The smallest absolute Gasteiger partial charge is 0.128 e. The van der Waals surface area contributed by atoms with E-state index in [1.54, 1.807) is 6.20 Å². The van der Waals surface area contributed by atoms with E-state index in [0.29, 0.717) is 16.5 Å². The van der Waals surface area contributed by atoms with Crippen LogP contribution in [0.25, 0.3) is 0 Å². The summed E-state index contributed by atoms with van der Waals surface area (Å²) in [5.41, 5.74) is 1.17. The molecule has 2 atom stereocenters. The van der Waals surface area contributed by atoms with Crippen LogP contribution in [0, 0.1) is 0 Å². The van der Waals surface area contributed by atoms with E-state index in [2.05, 4.69) is 46.9 Å². The lowest BCUT2D eigenvalue weighted by atomic mass is 10.2.